The van der Waals surface area contributed by atoms with Crippen molar-refractivity contribution < 1.29 is 10.2 Å². The molecule has 0 bridgehead atoms. The molecule has 0 fully saturated rings. The van der Waals surface area contributed by atoms with Crippen molar-refractivity contribution in [3.05, 3.63) is 24.8 Å². The van der Waals surface area contributed by atoms with E-state index < -0.39 is 0 Å². The van der Waals surface area contributed by atoms with Gasteiger partial charge in [0.25, 0.3) is 0 Å². The van der Waals surface area contributed by atoms with Crippen molar-refractivity contribution in [3.8, 4) is 0 Å². The van der Waals surface area contributed by atoms with Gasteiger partial charge in [0.2, 0.25) is 0 Å². The van der Waals surface area contributed by atoms with Crippen LogP contribution in [-0.2, 0) is 0 Å². The normalized spacial score (nSPS) is 7.45. The second-order valence-electron chi connectivity index (χ2n) is 1.22. The molecule has 11 heavy (non-hydrogen) atoms. The van der Waals surface area contributed by atoms with E-state index in [1.165, 1.54) is 6.08 Å². The Hall–Kier alpha value is 1.04. The van der Waals surface area contributed by atoms with Gasteiger partial charge in [0.1, 0.15) is 0 Å². The molecule has 0 aliphatic carbocycles. The Bertz CT molecular complexity index is 72.5. The number of rotatable bonds is 2. The van der Waals surface area contributed by atoms with E-state index in [1.54, 1.807) is 12.2 Å². The zero-order valence-electron chi connectivity index (χ0n) is 7.75. The van der Waals surface area contributed by atoms with E-state index in [1.807, 2.05) is 6.92 Å². The molecule has 62 valence electrons. The third-order valence-corrected chi connectivity index (χ3v) is 0.470. The van der Waals surface area contributed by atoms with Gasteiger partial charge in [-0.1, -0.05) is 18.2 Å². The molecule has 0 aliphatic heterocycles. The Morgan fingerprint density at radius 2 is 1.64 bits per heavy atom. The molecule has 0 amide bonds. The Morgan fingerprint density at radius 3 is 1.64 bits per heavy atom. The van der Waals surface area contributed by atoms with Crippen molar-refractivity contribution >= 4 is 49.0 Å². The molecule has 0 aromatic heterocycles. The third kappa shape index (κ3) is 55.3. The van der Waals surface area contributed by atoms with Crippen LogP contribution in [-0.4, -0.2) is 72.4 Å². The molecule has 0 saturated carbocycles. The van der Waals surface area contributed by atoms with Crippen molar-refractivity contribution in [2.45, 2.75) is 7.94 Å². The summed E-state index contributed by atoms with van der Waals surface area (Å²) in [5.41, 5.74) is 0. The monoisotopic (exact) mass is 184 g/mol. The zero-order valence-corrected chi connectivity index (χ0v) is 10.9. The van der Waals surface area contributed by atoms with E-state index in [4.69, 9.17) is 10.2 Å². The second kappa shape index (κ2) is 30.5. The van der Waals surface area contributed by atoms with E-state index in [0.717, 1.165) is 49.0 Å². The van der Waals surface area contributed by atoms with Gasteiger partial charge in [-0.15, -0.1) is 6.58 Å². The van der Waals surface area contributed by atoms with Crippen molar-refractivity contribution in [3.63, 3.8) is 0 Å². The number of aliphatic hydroxyl groups excluding tert-OH is 2. The van der Waals surface area contributed by atoms with Crippen LogP contribution in [0.2, 0.25) is 1.02 Å². The predicted molar refractivity (Wildman–Crippen MR) is 50.8 cm³/mol. The summed E-state index contributed by atoms with van der Waals surface area (Å²) >= 11 is 1.06. The standard InChI is InChI=1S/C4H8O.C3H6O.CH3.K/c1-2-3-4-5;1-2-3-4;;/h2-3,5H,4H2,1H3;2,4H,1,3H2;1H3;. The molecule has 0 heterocycles. The Balaban J connectivity index is -0.0000000965. The summed E-state index contributed by atoms with van der Waals surface area (Å²) < 4.78 is 2.19. The third-order valence-electron chi connectivity index (χ3n) is 0.470. The molecule has 0 rings (SSSR count). The van der Waals surface area contributed by atoms with Crippen LogP contribution in [0.1, 0.15) is 6.92 Å². The van der Waals surface area contributed by atoms with Crippen LogP contribution in [0.3, 0.4) is 0 Å². The van der Waals surface area contributed by atoms with E-state index in [0.29, 0.717) is 0 Å². The van der Waals surface area contributed by atoms with Gasteiger partial charge in [0, 0.05) is 0 Å². The van der Waals surface area contributed by atoms with Crippen molar-refractivity contribution in [1.82, 2.24) is 0 Å². The molecule has 0 aromatic rings. The van der Waals surface area contributed by atoms with Crippen LogP contribution < -0.4 is 0 Å². The minimum absolute atomic E-state index is 0.0833. The van der Waals surface area contributed by atoms with Crippen LogP contribution >= 0.6 is 0 Å². The summed E-state index contributed by atoms with van der Waals surface area (Å²) in [4.78, 5) is 0. The summed E-state index contributed by atoms with van der Waals surface area (Å²) in [7, 11) is 0. The number of allylic oxidation sites excluding steroid dienone is 1. The fraction of sp³-hybridized carbons (Fsp3) is 0.500. The average molecular weight is 184 g/mol. The quantitative estimate of drug-likeness (QED) is 0.495. The molecule has 2 nitrogen and oxygen atoms in total. The fourth-order valence-corrected chi connectivity index (χ4v) is 0.105. The first kappa shape index (κ1) is 18.0. The summed E-state index contributed by atoms with van der Waals surface area (Å²) in [6.07, 6.45) is 4.92. The zero-order chi connectivity index (χ0) is 9.54. The molecule has 0 unspecified atom stereocenters. The first-order valence-electron chi connectivity index (χ1n) is 3.77. The molecule has 0 aromatic carbocycles. The summed E-state index contributed by atoms with van der Waals surface area (Å²) in [6.45, 7) is 5.35. The van der Waals surface area contributed by atoms with Gasteiger partial charge in [-0.05, 0) is 6.92 Å². The average Bonchev–Trinajstić information content (AvgIpc) is 2.10. The Morgan fingerprint density at radius 1 is 1.27 bits per heavy atom. The van der Waals surface area contributed by atoms with E-state index in [-0.39, 0.29) is 13.2 Å². The van der Waals surface area contributed by atoms with E-state index in [9.17, 15) is 0 Å². The summed E-state index contributed by atoms with van der Waals surface area (Å²) in [6, 6.07) is 0. The Kier molecular flexibility index (Phi) is 49.8. The van der Waals surface area contributed by atoms with Crippen molar-refractivity contribution in [1.29, 1.82) is 0 Å². The van der Waals surface area contributed by atoms with Crippen LogP contribution in [0.25, 0.3) is 0 Å². The Labute approximate surface area is 104 Å². The maximum atomic E-state index is 7.98. The van der Waals surface area contributed by atoms with Crippen molar-refractivity contribution in [2.24, 2.45) is 0 Å². The van der Waals surface area contributed by atoms with Crippen LogP contribution in [0, 0.1) is 0 Å². The molecular formula is C8H17KO2. The molecule has 0 saturated heterocycles. The molecule has 0 spiro atoms. The molecular weight excluding hydrogens is 167 g/mol. The SMILES string of the molecule is C=CCO.CC=CCO.[CH3][K]. The molecule has 0 aliphatic rings. The van der Waals surface area contributed by atoms with E-state index in [2.05, 4.69) is 7.60 Å². The molecule has 2 N–H and O–H groups in total. The number of hydrogen-bond acceptors (Lipinski definition) is 2. The van der Waals surface area contributed by atoms with Gasteiger partial charge in [0.15, 0.2) is 0 Å². The van der Waals surface area contributed by atoms with Crippen LogP contribution in [0.5, 0.6) is 0 Å². The second-order valence-corrected chi connectivity index (χ2v) is 1.22. The van der Waals surface area contributed by atoms with Gasteiger partial charge in [0.05, 0.1) is 13.2 Å². The van der Waals surface area contributed by atoms with Crippen LogP contribution in [0.4, 0.5) is 0 Å². The summed E-state index contributed by atoms with van der Waals surface area (Å²) in [5.74, 6) is 0. The maximum absolute atomic E-state index is 7.98. The summed E-state index contributed by atoms with van der Waals surface area (Å²) in [5, 5.41) is 15.7. The van der Waals surface area contributed by atoms with E-state index >= 15 is 0 Å². The topological polar surface area (TPSA) is 40.5 Å². The van der Waals surface area contributed by atoms with Crippen molar-refractivity contribution in [2.75, 3.05) is 13.2 Å². The van der Waals surface area contributed by atoms with Gasteiger partial charge < -0.3 is 10.2 Å². The van der Waals surface area contributed by atoms with Gasteiger partial charge in [-0.25, -0.2) is 0 Å². The van der Waals surface area contributed by atoms with Gasteiger partial charge in [-0.2, -0.15) is 0 Å². The fourth-order valence-electron chi connectivity index (χ4n) is 0.105. The molecule has 3 heteroatoms. The van der Waals surface area contributed by atoms with Gasteiger partial charge in [-0.3, -0.25) is 0 Å². The van der Waals surface area contributed by atoms with Gasteiger partial charge >= 0.3 is 50.0 Å². The minimum atomic E-state index is 0.0833. The molecule has 0 atom stereocenters. The van der Waals surface area contributed by atoms with Crippen LogP contribution in [0.15, 0.2) is 24.8 Å². The first-order valence-corrected chi connectivity index (χ1v) is 6.89. The predicted octanol–water partition coefficient (Wildman–Crippen LogP) is 0.922. The first-order chi connectivity index (χ1) is 5.33. The number of aliphatic hydroxyl groups is 2. The number of hydrogen-bond donors (Lipinski definition) is 2. The molecule has 0 radical (unpaired) electrons.